The van der Waals surface area contributed by atoms with Crippen molar-refractivity contribution in [1.82, 2.24) is 0 Å². The van der Waals surface area contributed by atoms with Crippen LogP contribution in [0.5, 0.6) is 0 Å². The Morgan fingerprint density at radius 1 is 0.500 bits per heavy atom. The van der Waals surface area contributed by atoms with E-state index in [1.807, 2.05) is 0 Å². The Bertz CT molecular complexity index is 405. The van der Waals surface area contributed by atoms with Crippen LogP contribution in [0.25, 0.3) is 0 Å². The van der Waals surface area contributed by atoms with Crippen LogP contribution in [0, 0.1) is 27.7 Å². The molecule has 0 nitrogen and oxygen atoms in total. The van der Waals surface area contributed by atoms with E-state index in [0.717, 1.165) is 27.7 Å². The Labute approximate surface area is 101 Å². The first-order valence-corrected chi connectivity index (χ1v) is 5.13. The van der Waals surface area contributed by atoms with E-state index in [2.05, 4.69) is 0 Å². The van der Waals surface area contributed by atoms with Crippen molar-refractivity contribution in [1.29, 1.82) is 0 Å². The molecule has 0 N–H and O–H groups in total. The second-order valence-electron chi connectivity index (χ2n) is 4.25. The SMILES string of the molecule is Cc1c(C)c(C(F)(F)F)c(C)c(C)c1C(F)(F)F. The summed E-state index contributed by atoms with van der Waals surface area (Å²) in [5.41, 5.74) is -3.39. The maximum absolute atomic E-state index is 12.8. The molecule has 0 radical (unpaired) electrons. The third kappa shape index (κ3) is 2.33. The molecule has 0 saturated heterocycles. The molecular formula is C12H12F6. The highest BCUT2D eigenvalue weighted by Gasteiger charge is 2.41. The fourth-order valence-electron chi connectivity index (χ4n) is 2.16. The van der Waals surface area contributed by atoms with Gasteiger partial charge in [-0.25, -0.2) is 0 Å². The molecule has 1 rings (SSSR count). The summed E-state index contributed by atoms with van der Waals surface area (Å²) in [6, 6.07) is 0. The van der Waals surface area contributed by atoms with Crippen molar-refractivity contribution >= 4 is 0 Å². The van der Waals surface area contributed by atoms with Crippen LogP contribution in [-0.4, -0.2) is 0 Å². The molecule has 18 heavy (non-hydrogen) atoms. The summed E-state index contributed by atoms with van der Waals surface area (Å²) in [4.78, 5) is 0. The third-order valence-corrected chi connectivity index (χ3v) is 3.19. The standard InChI is InChI=1S/C12H12F6/c1-5-6(2)10(12(16,17)18)8(4)7(3)9(5)11(13,14)15/h1-4H3. The Morgan fingerprint density at radius 3 is 0.778 bits per heavy atom. The second-order valence-corrected chi connectivity index (χ2v) is 4.25. The third-order valence-electron chi connectivity index (χ3n) is 3.19. The maximum Gasteiger partial charge on any atom is 0.416 e. The largest absolute Gasteiger partial charge is 0.416 e. The fraction of sp³-hybridized carbons (Fsp3) is 0.500. The van der Waals surface area contributed by atoms with Gasteiger partial charge in [0.15, 0.2) is 0 Å². The highest BCUT2D eigenvalue weighted by Crippen LogP contribution is 2.43. The first-order chi connectivity index (χ1) is 7.89. The van der Waals surface area contributed by atoms with Gasteiger partial charge in [-0.05, 0) is 49.9 Å². The minimum Gasteiger partial charge on any atom is -0.166 e. The van der Waals surface area contributed by atoms with E-state index >= 15 is 0 Å². The summed E-state index contributed by atoms with van der Waals surface area (Å²) in [5.74, 6) is 0. The Hall–Kier alpha value is -1.20. The van der Waals surface area contributed by atoms with E-state index in [9.17, 15) is 26.3 Å². The maximum atomic E-state index is 12.8. The molecule has 0 aliphatic rings. The molecule has 0 aromatic heterocycles. The van der Waals surface area contributed by atoms with Gasteiger partial charge < -0.3 is 0 Å². The van der Waals surface area contributed by atoms with Gasteiger partial charge in [0, 0.05) is 0 Å². The normalized spacial score (nSPS) is 13.0. The van der Waals surface area contributed by atoms with Crippen LogP contribution in [0.4, 0.5) is 26.3 Å². The molecule has 0 atom stereocenters. The van der Waals surface area contributed by atoms with Gasteiger partial charge in [0.25, 0.3) is 0 Å². The van der Waals surface area contributed by atoms with Gasteiger partial charge in [-0.1, -0.05) is 0 Å². The van der Waals surface area contributed by atoms with E-state index in [0.29, 0.717) is 0 Å². The van der Waals surface area contributed by atoms with Crippen molar-refractivity contribution < 1.29 is 26.3 Å². The summed E-state index contributed by atoms with van der Waals surface area (Å²) in [6.07, 6.45) is -9.29. The van der Waals surface area contributed by atoms with Crippen molar-refractivity contribution in [3.05, 3.63) is 33.4 Å². The van der Waals surface area contributed by atoms with Gasteiger partial charge >= 0.3 is 12.4 Å². The number of benzene rings is 1. The molecule has 0 aliphatic heterocycles. The summed E-state index contributed by atoms with van der Waals surface area (Å²) < 4.78 is 76.9. The zero-order valence-electron chi connectivity index (χ0n) is 10.3. The van der Waals surface area contributed by atoms with E-state index in [-0.39, 0.29) is 22.3 Å². The van der Waals surface area contributed by atoms with Gasteiger partial charge in [0.1, 0.15) is 0 Å². The highest BCUT2D eigenvalue weighted by atomic mass is 19.4. The van der Waals surface area contributed by atoms with Gasteiger partial charge in [-0.3, -0.25) is 0 Å². The molecule has 6 heteroatoms. The Morgan fingerprint density at radius 2 is 0.667 bits per heavy atom. The zero-order valence-corrected chi connectivity index (χ0v) is 10.3. The average Bonchev–Trinajstić information content (AvgIpc) is 2.10. The fourth-order valence-corrected chi connectivity index (χ4v) is 2.16. The van der Waals surface area contributed by atoms with Crippen molar-refractivity contribution in [2.24, 2.45) is 0 Å². The number of halogens is 6. The molecule has 0 heterocycles. The van der Waals surface area contributed by atoms with Crippen LogP contribution in [-0.2, 0) is 12.4 Å². The Balaban J connectivity index is 3.79. The number of alkyl halides is 6. The van der Waals surface area contributed by atoms with Crippen molar-refractivity contribution in [3.63, 3.8) is 0 Å². The van der Waals surface area contributed by atoms with Crippen molar-refractivity contribution in [3.8, 4) is 0 Å². The minimum atomic E-state index is -4.65. The first kappa shape index (κ1) is 14.9. The lowest BCUT2D eigenvalue weighted by molar-refractivity contribution is -0.142. The van der Waals surface area contributed by atoms with Gasteiger partial charge in [-0.15, -0.1) is 0 Å². The summed E-state index contributed by atoms with van der Waals surface area (Å²) in [5, 5.41) is 0. The molecule has 0 amide bonds. The summed E-state index contributed by atoms with van der Waals surface area (Å²) in [7, 11) is 0. The monoisotopic (exact) mass is 270 g/mol. The van der Waals surface area contributed by atoms with Gasteiger partial charge in [0.2, 0.25) is 0 Å². The molecule has 0 bridgehead atoms. The minimum absolute atomic E-state index is 0.363. The van der Waals surface area contributed by atoms with E-state index in [1.54, 1.807) is 0 Å². The quantitative estimate of drug-likeness (QED) is 0.584. The van der Waals surface area contributed by atoms with Crippen molar-refractivity contribution in [2.45, 2.75) is 40.0 Å². The Kier molecular flexibility index (Phi) is 3.44. The molecule has 0 unspecified atom stereocenters. The van der Waals surface area contributed by atoms with Crippen LogP contribution >= 0.6 is 0 Å². The molecular weight excluding hydrogens is 258 g/mol. The molecule has 102 valence electrons. The molecule has 0 fully saturated rings. The lowest BCUT2D eigenvalue weighted by atomic mass is 9.88. The topological polar surface area (TPSA) is 0 Å². The number of hydrogen-bond acceptors (Lipinski definition) is 0. The predicted molar refractivity (Wildman–Crippen MR) is 55.4 cm³/mol. The van der Waals surface area contributed by atoms with Crippen LogP contribution < -0.4 is 0 Å². The zero-order chi connectivity index (χ0) is 14.5. The van der Waals surface area contributed by atoms with Gasteiger partial charge in [0.05, 0.1) is 11.1 Å². The summed E-state index contributed by atoms with van der Waals surface area (Å²) in [6.45, 7) is 4.28. The van der Waals surface area contributed by atoms with Crippen LogP contribution in [0.15, 0.2) is 0 Å². The smallest absolute Gasteiger partial charge is 0.166 e. The molecule has 1 aromatic carbocycles. The number of hydrogen-bond donors (Lipinski definition) is 0. The van der Waals surface area contributed by atoms with E-state index < -0.39 is 23.5 Å². The summed E-state index contributed by atoms with van der Waals surface area (Å²) >= 11 is 0. The molecule has 0 saturated carbocycles. The lowest BCUT2D eigenvalue weighted by Gasteiger charge is -2.23. The lowest BCUT2D eigenvalue weighted by Crippen LogP contribution is -2.18. The van der Waals surface area contributed by atoms with Crippen LogP contribution in [0.2, 0.25) is 0 Å². The van der Waals surface area contributed by atoms with E-state index in [4.69, 9.17) is 0 Å². The molecule has 0 spiro atoms. The van der Waals surface area contributed by atoms with Crippen LogP contribution in [0.1, 0.15) is 33.4 Å². The second kappa shape index (κ2) is 4.17. The predicted octanol–water partition coefficient (Wildman–Crippen LogP) is 4.96. The number of rotatable bonds is 0. The highest BCUT2D eigenvalue weighted by molar-refractivity contribution is 5.52. The first-order valence-electron chi connectivity index (χ1n) is 5.13. The molecule has 0 aliphatic carbocycles. The van der Waals surface area contributed by atoms with Crippen LogP contribution in [0.3, 0.4) is 0 Å². The van der Waals surface area contributed by atoms with E-state index in [1.165, 1.54) is 0 Å². The molecule has 1 aromatic rings. The van der Waals surface area contributed by atoms with Gasteiger partial charge in [-0.2, -0.15) is 26.3 Å². The average molecular weight is 270 g/mol. The van der Waals surface area contributed by atoms with Crippen molar-refractivity contribution in [2.75, 3.05) is 0 Å².